The molecule has 1 fully saturated rings. The third kappa shape index (κ3) is 5.19. The highest BCUT2D eigenvalue weighted by Gasteiger charge is 2.37. The molecule has 8 nitrogen and oxygen atoms in total. The number of thioether (sulfide) groups is 1. The van der Waals surface area contributed by atoms with Crippen LogP contribution in [0.5, 0.6) is 0 Å². The first-order valence-electron chi connectivity index (χ1n) is 9.38. The SMILES string of the molecule is CS(=O)(=O)NN1C(=O)SC(=Cc2ccc3c(cnn3Cc3ccc(Br)cc3C(F)(F)F)c2)C1=O. The smallest absolute Gasteiger partial charge is 0.266 e. The van der Waals surface area contributed by atoms with Crippen molar-refractivity contribution in [2.45, 2.75) is 12.7 Å². The van der Waals surface area contributed by atoms with E-state index in [9.17, 15) is 31.2 Å². The molecule has 2 amide bonds. The first-order valence-corrected chi connectivity index (χ1v) is 12.9. The van der Waals surface area contributed by atoms with Gasteiger partial charge in [0.2, 0.25) is 10.0 Å². The van der Waals surface area contributed by atoms with Gasteiger partial charge in [-0.2, -0.15) is 23.3 Å². The molecule has 0 aliphatic carbocycles. The number of rotatable bonds is 5. The molecule has 0 radical (unpaired) electrons. The molecule has 14 heteroatoms. The predicted molar refractivity (Wildman–Crippen MR) is 124 cm³/mol. The highest BCUT2D eigenvalue weighted by molar-refractivity contribution is 9.10. The molecule has 4 rings (SSSR count). The molecule has 0 saturated carbocycles. The average molecular weight is 575 g/mol. The number of sulfonamides is 1. The minimum Gasteiger partial charge on any atom is -0.266 e. The van der Waals surface area contributed by atoms with Gasteiger partial charge in [-0.3, -0.25) is 14.3 Å². The van der Waals surface area contributed by atoms with Gasteiger partial charge in [0.15, 0.2) is 0 Å². The zero-order valence-corrected chi connectivity index (χ0v) is 20.3. The van der Waals surface area contributed by atoms with Gasteiger partial charge >= 0.3 is 11.4 Å². The van der Waals surface area contributed by atoms with E-state index in [1.165, 1.54) is 29.1 Å². The van der Waals surface area contributed by atoms with Crippen molar-refractivity contribution < 1.29 is 31.2 Å². The van der Waals surface area contributed by atoms with Crippen molar-refractivity contribution in [3.63, 3.8) is 0 Å². The van der Waals surface area contributed by atoms with E-state index in [2.05, 4.69) is 21.0 Å². The minimum atomic E-state index is -4.52. The molecule has 0 unspecified atom stereocenters. The Hall–Kier alpha value is -2.68. The Morgan fingerprint density at radius 2 is 1.91 bits per heavy atom. The van der Waals surface area contributed by atoms with E-state index in [0.29, 0.717) is 37.7 Å². The molecule has 3 aromatic rings. The molecule has 1 saturated heterocycles. The van der Waals surface area contributed by atoms with Gasteiger partial charge in [0.25, 0.3) is 5.91 Å². The van der Waals surface area contributed by atoms with Crippen LogP contribution in [0.2, 0.25) is 0 Å². The molecule has 1 aliphatic heterocycles. The van der Waals surface area contributed by atoms with E-state index >= 15 is 0 Å². The number of imide groups is 1. The number of carbonyl (C=O) groups excluding carboxylic acids is 2. The van der Waals surface area contributed by atoms with Crippen LogP contribution in [-0.4, -0.2) is 40.6 Å². The van der Waals surface area contributed by atoms with Gasteiger partial charge < -0.3 is 0 Å². The second kappa shape index (κ2) is 8.83. The Balaban J connectivity index is 1.62. The summed E-state index contributed by atoms with van der Waals surface area (Å²) in [6.45, 7) is -0.110. The van der Waals surface area contributed by atoms with Gasteiger partial charge in [-0.15, -0.1) is 4.83 Å². The van der Waals surface area contributed by atoms with Gasteiger partial charge in [0.05, 0.1) is 35.0 Å². The van der Waals surface area contributed by atoms with Crippen LogP contribution in [0, 0.1) is 0 Å². The summed E-state index contributed by atoms with van der Waals surface area (Å²) in [5, 5.41) is 4.43. The average Bonchev–Trinajstić information content (AvgIpc) is 3.23. The number of amides is 2. The molecule has 2 aromatic carbocycles. The third-order valence-electron chi connectivity index (χ3n) is 4.71. The molecule has 178 valence electrons. The molecular formula is C20H14BrF3N4O4S2. The largest absolute Gasteiger partial charge is 0.416 e. The number of nitrogens with zero attached hydrogens (tertiary/aromatic N) is 3. The van der Waals surface area contributed by atoms with Crippen LogP contribution in [0.25, 0.3) is 17.0 Å². The predicted octanol–water partition coefficient (Wildman–Crippen LogP) is 4.37. The molecule has 0 spiro atoms. The molecule has 34 heavy (non-hydrogen) atoms. The van der Waals surface area contributed by atoms with Crippen molar-refractivity contribution in [2.24, 2.45) is 0 Å². The van der Waals surface area contributed by atoms with Crippen molar-refractivity contribution in [3.05, 3.63) is 68.7 Å². The quantitative estimate of drug-likeness (QED) is 0.454. The number of hydrazine groups is 1. The Labute approximate surface area is 203 Å². The topological polar surface area (TPSA) is 101 Å². The van der Waals surface area contributed by atoms with Gasteiger partial charge in [0, 0.05) is 9.86 Å². The van der Waals surface area contributed by atoms with E-state index in [1.807, 2.05) is 4.83 Å². The van der Waals surface area contributed by atoms with E-state index in [4.69, 9.17) is 0 Å². The fourth-order valence-electron chi connectivity index (χ4n) is 3.30. The Morgan fingerprint density at radius 3 is 2.59 bits per heavy atom. The summed E-state index contributed by atoms with van der Waals surface area (Å²) >= 11 is 3.64. The van der Waals surface area contributed by atoms with Crippen molar-refractivity contribution in [2.75, 3.05) is 6.26 Å². The fraction of sp³-hybridized carbons (Fsp3) is 0.150. The zero-order chi connectivity index (χ0) is 24.8. The maximum atomic E-state index is 13.4. The van der Waals surface area contributed by atoms with Crippen molar-refractivity contribution in [1.82, 2.24) is 19.6 Å². The first-order chi connectivity index (χ1) is 15.8. The number of carbonyl (C=O) groups is 2. The number of hydrogen-bond donors (Lipinski definition) is 1. The van der Waals surface area contributed by atoms with E-state index in [0.717, 1.165) is 12.3 Å². The number of aromatic nitrogens is 2. The summed E-state index contributed by atoms with van der Waals surface area (Å²) in [4.78, 5) is 26.2. The van der Waals surface area contributed by atoms with Gasteiger partial charge in [-0.05, 0) is 53.2 Å². The number of benzene rings is 2. The summed E-state index contributed by atoms with van der Waals surface area (Å²) in [6.07, 6.45) is -0.806. The molecule has 1 aromatic heterocycles. The van der Waals surface area contributed by atoms with Crippen LogP contribution in [0.1, 0.15) is 16.7 Å². The summed E-state index contributed by atoms with van der Waals surface area (Å²) in [5.41, 5.74) is 0.383. The Kier molecular flexibility index (Phi) is 6.35. The number of hydrogen-bond acceptors (Lipinski definition) is 6. The maximum Gasteiger partial charge on any atom is 0.416 e. The van der Waals surface area contributed by atoms with Crippen molar-refractivity contribution in [1.29, 1.82) is 0 Å². The lowest BCUT2D eigenvalue weighted by Gasteiger charge is -2.14. The Bertz CT molecular complexity index is 1470. The lowest BCUT2D eigenvalue weighted by atomic mass is 10.1. The highest BCUT2D eigenvalue weighted by Crippen LogP contribution is 2.35. The highest BCUT2D eigenvalue weighted by atomic mass is 79.9. The minimum absolute atomic E-state index is 0.0116. The van der Waals surface area contributed by atoms with Crippen molar-refractivity contribution in [3.8, 4) is 0 Å². The van der Waals surface area contributed by atoms with Crippen molar-refractivity contribution >= 4 is 65.8 Å². The number of fused-ring (bicyclic) bond motifs is 1. The zero-order valence-electron chi connectivity index (χ0n) is 17.1. The van der Waals surface area contributed by atoms with E-state index in [1.54, 1.807) is 18.2 Å². The summed E-state index contributed by atoms with van der Waals surface area (Å²) in [5.74, 6) is -0.814. The van der Waals surface area contributed by atoms with Crippen LogP contribution in [0.15, 0.2) is 52.0 Å². The van der Waals surface area contributed by atoms with E-state index in [-0.39, 0.29) is 17.0 Å². The second-order valence-electron chi connectivity index (χ2n) is 7.30. The molecule has 0 atom stereocenters. The molecule has 0 bridgehead atoms. The van der Waals surface area contributed by atoms with Gasteiger partial charge in [-0.1, -0.05) is 28.1 Å². The van der Waals surface area contributed by atoms with Gasteiger partial charge in [-0.25, -0.2) is 8.42 Å². The van der Waals surface area contributed by atoms with Crippen LogP contribution in [0.3, 0.4) is 0 Å². The van der Waals surface area contributed by atoms with Crippen LogP contribution >= 0.6 is 27.7 Å². The van der Waals surface area contributed by atoms with E-state index < -0.39 is 32.9 Å². The number of nitrogens with one attached hydrogen (secondary N) is 1. The van der Waals surface area contributed by atoms with Crippen LogP contribution in [0.4, 0.5) is 18.0 Å². The monoisotopic (exact) mass is 574 g/mol. The standard InChI is InChI=1S/C20H14BrF3N4O4S2/c1-34(31,32)26-28-18(29)17(33-19(28)30)7-11-2-5-16-13(6-11)9-25-27(16)10-12-3-4-14(21)8-15(12)20(22,23)24/h2-9,26H,10H2,1H3. The maximum absolute atomic E-state index is 13.4. The number of alkyl halides is 3. The molecule has 1 aliphatic rings. The number of halogens is 4. The first kappa shape index (κ1) is 24.4. The third-order valence-corrected chi connectivity index (χ3v) is 6.59. The summed E-state index contributed by atoms with van der Waals surface area (Å²) < 4.78 is 64.8. The van der Waals surface area contributed by atoms with Crippen LogP contribution < -0.4 is 4.83 Å². The van der Waals surface area contributed by atoms with Gasteiger partial charge in [0.1, 0.15) is 0 Å². The lowest BCUT2D eigenvalue weighted by molar-refractivity contribution is -0.138. The second-order valence-corrected chi connectivity index (χ2v) is 10.9. The molecule has 1 N–H and O–H groups in total. The lowest BCUT2D eigenvalue weighted by Crippen LogP contribution is -2.44. The molecule has 2 heterocycles. The normalized spacial score (nSPS) is 16.3. The van der Waals surface area contributed by atoms with Crippen LogP contribution in [-0.2, 0) is 27.5 Å². The fourth-order valence-corrected chi connectivity index (χ4v) is 4.99. The molecular weight excluding hydrogens is 561 g/mol. The summed E-state index contributed by atoms with van der Waals surface area (Å²) in [7, 11) is -3.83. The Morgan fingerprint density at radius 1 is 1.18 bits per heavy atom. The summed E-state index contributed by atoms with van der Waals surface area (Å²) in [6, 6.07) is 8.84.